The van der Waals surface area contributed by atoms with Crippen LogP contribution in [0.15, 0.2) is 0 Å². The Bertz CT molecular complexity index is 403. The van der Waals surface area contributed by atoms with E-state index in [1.54, 1.807) is 20.8 Å². The summed E-state index contributed by atoms with van der Waals surface area (Å²) in [5.41, 5.74) is -0.709. The van der Waals surface area contributed by atoms with Crippen LogP contribution in [0.3, 0.4) is 0 Å². The van der Waals surface area contributed by atoms with E-state index < -0.39 is 29.8 Å². The molecule has 1 unspecified atom stereocenters. The molecular formula is C12H20N2O6. The Morgan fingerprint density at radius 3 is 2.20 bits per heavy atom. The molecule has 0 saturated carbocycles. The molecule has 114 valence electrons. The molecule has 2 amide bonds. The zero-order valence-corrected chi connectivity index (χ0v) is 12.1. The summed E-state index contributed by atoms with van der Waals surface area (Å²) in [4.78, 5) is 37.0. The van der Waals surface area contributed by atoms with Gasteiger partial charge in [-0.3, -0.25) is 4.90 Å². The molecule has 8 nitrogen and oxygen atoms in total. The van der Waals surface area contributed by atoms with E-state index in [0.717, 1.165) is 4.90 Å². The Hall–Kier alpha value is -1.99. The third-order valence-electron chi connectivity index (χ3n) is 2.73. The van der Waals surface area contributed by atoms with Crippen LogP contribution in [0.2, 0.25) is 0 Å². The predicted octanol–water partition coefficient (Wildman–Crippen LogP) is 0.759. The van der Waals surface area contributed by atoms with Gasteiger partial charge < -0.3 is 19.5 Å². The molecule has 0 aromatic rings. The van der Waals surface area contributed by atoms with E-state index in [2.05, 4.69) is 4.74 Å². The Morgan fingerprint density at radius 2 is 1.75 bits per heavy atom. The van der Waals surface area contributed by atoms with Gasteiger partial charge in [0.15, 0.2) is 6.04 Å². The first-order valence-corrected chi connectivity index (χ1v) is 6.21. The molecule has 1 saturated heterocycles. The largest absolute Gasteiger partial charge is 0.480 e. The molecule has 8 heteroatoms. The van der Waals surface area contributed by atoms with Gasteiger partial charge in [0.1, 0.15) is 5.60 Å². The van der Waals surface area contributed by atoms with Gasteiger partial charge >= 0.3 is 18.2 Å². The number of piperazine rings is 1. The number of hydrogen-bond donors (Lipinski definition) is 1. The summed E-state index contributed by atoms with van der Waals surface area (Å²) in [6.45, 7) is 5.26. The van der Waals surface area contributed by atoms with Crippen LogP contribution in [-0.2, 0) is 14.3 Å². The number of methoxy groups -OCH3 is 1. The molecule has 1 N–H and O–H groups in total. The highest BCUT2D eigenvalue weighted by atomic mass is 16.6. The molecule has 1 atom stereocenters. The quantitative estimate of drug-likeness (QED) is 0.765. The molecule has 1 aliphatic rings. The van der Waals surface area contributed by atoms with Gasteiger partial charge in [-0.1, -0.05) is 0 Å². The van der Waals surface area contributed by atoms with Crippen molar-refractivity contribution in [2.75, 3.05) is 26.7 Å². The minimum absolute atomic E-state index is 0.0843. The zero-order chi connectivity index (χ0) is 15.5. The first-order chi connectivity index (χ1) is 9.15. The topological polar surface area (TPSA) is 96.4 Å². The van der Waals surface area contributed by atoms with Crippen LogP contribution in [-0.4, -0.2) is 71.4 Å². The SMILES string of the molecule is COC(=O)N1CCN(C(=O)OC(C)(C)C)C(C(=O)O)C1. The number of amides is 2. The van der Waals surface area contributed by atoms with Gasteiger partial charge in [-0.05, 0) is 20.8 Å². The van der Waals surface area contributed by atoms with Crippen molar-refractivity contribution in [3.05, 3.63) is 0 Å². The molecular weight excluding hydrogens is 268 g/mol. The molecule has 1 aliphatic heterocycles. The fourth-order valence-electron chi connectivity index (χ4n) is 1.83. The minimum Gasteiger partial charge on any atom is -0.480 e. The Kier molecular flexibility index (Phi) is 4.80. The van der Waals surface area contributed by atoms with Crippen molar-refractivity contribution in [3.63, 3.8) is 0 Å². The maximum Gasteiger partial charge on any atom is 0.411 e. The van der Waals surface area contributed by atoms with Crippen molar-refractivity contribution in [1.82, 2.24) is 9.80 Å². The number of ether oxygens (including phenoxy) is 2. The minimum atomic E-state index is -1.19. The second-order valence-electron chi connectivity index (χ2n) is 5.44. The molecule has 0 spiro atoms. The standard InChI is InChI=1S/C12H20N2O6/c1-12(2,3)20-11(18)14-6-5-13(10(17)19-4)7-8(14)9(15)16/h8H,5-7H2,1-4H3,(H,15,16). The van der Waals surface area contributed by atoms with E-state index in [-0.39, 0.29) is 19.6 Å². The number of hydrogen-bond acceptors (Lipinski definition) is 5. The molecule has 0 bridgehead atoms. The lowest BCUT2D eigenvalue weighted by molar-refractivity contribution is -0.145. The summed E-state index contributed by atoms with van der Waals surface area (Å²) in [5, 5.41) is 9.20. The first kappa shape index (κ1) is 16.1. The number of carboxylic acid groups (broad SMARTS) is 1. The summed E-state index contributed by atoms with van der Waals surface area (Å²) in [6, 6.07) is -1.14. The second-order valence-corrected chi connectivity index (χ2v) is 5.44. The van der Waals surface area contributed by atoms with E-state index >= 15 is 0 Å². The molecule has 0 radical (unpaired) electrons. The summed E-state index contributed by atoms with van der Waals surface area (Å²) in [7, 11) is 1.22. The van der Waals surface area contributed by atoms with Crippen molar-refractivity contribution in [2.45, 2.75) is 32.4 Å². The molecule has 1 heterocycles. The van der Waals surface area contributed by atoms with Crippen LogP contribution in [0, 0.1) is 0 Å². The maximum absolute atomic E-state index is 12.0. The Balaban J connectivity index is 2.80. The van der Waals surface area contributed by atoms with Crippen molar-refractivity contribution in [2.24, 2.45) is 0 Å². The van der Waals surface area contributed by atoms with Crippen molar-refractivity contribution in [3.8, 4) is 0 Å². The van der Waals surface area contributed by atoms with Crippen LogP contribution in [0.25, 0.3) is 0 Å². The van der Waals surface area contributed by atoms with Crippen LogP contribution >= 0.6 is 0 Å². The zero-order valence-electron chi connectivity index (χ0n) is 12.1. The van der Waals surface area contributed by atoms with Gasteiger partial charge in [0.2, 0.25) is 0 Å². The number of aliphatic carboxylic acids is 1. The predicted molar refractivity (Wildman–Crippen MR) is 68.3 cm³/mol. The lowest BCUT2D eigenvalue weighted by atomic mass is 10.1. The fraction of sp³-hybridized carbons (Fsp3) is 0.750. The number of carbonyl (C=O) groups excluding carboxylic acids is 2. The summed E-state index contributed by atoms with van der Waals surface area (Å²) >= 11 is 0. The van der Waals surface area contributed by atoms with Gasteiger partial charge in [0.05, 0.1) is 13.7 Å². The first-order valence-electron chi connectivity index (χ1n) is 6.21. The van der Waals surface area contributed by atoms with Gasteiger partial charge in [-0.25, -0.2) is 14.4 Å². The fourth-order valence-corrected chi connectivity index (χ4v) is 1.83. The molecule has 0 aromatic heterocycles. The van der Waals surface area contributed by atoms with Crippen molar-refractivity contribution >= 4 is 18.2 Å². The smallest absolute Gasteiger partial charge is 0.411 e. The average Bonchev–Trinajstić information content (AvgIpc) is 2.34. The molecule has 1 fully saturated rings. The van der Waals surface area contributed by atoms with E-state index in [1.165, 1.54) is 12.0 Å². The third kappa shape index (κ3) is 4.01. The van der Waals surface area contributed by atoms with E-state index in [0.29, 0.717) is 0 Å². The van der Waals surface area contributed by atoms with Gasteiger partial charge in [-0.15, -0.1) is 0 Å². The van der Waals surface area contributed by atoms with Crippen LogP contribution in [0.5, 0.6) is 0 Å². The van der Waals surface area contributed by atoms with E-state index in [4.69, 9.17) is 4.74 Å². The van der Waals surface area contributed by atoms with Gasteiger partial charge in [0, 0.05) is 13.1 Å². The van der Waals surface area contributed by atoms with E-state index in [9.17, 15) is 19.5 Å². The Morgan fingerprint density at radius 1 is 1.15 bits per heavy atom. The summed E-state index contributed by atoms with van der Waals surface area (Å²) in [5.74, 6) is -1.19. The monoisotopic (exact) mass is 288 g/mol. The number of rotatable bonds is 1. The highest BCUT2D eigenvalue weighted by Gasteiger charge is 2.39. The van der Waals surface area contributed by atoms with E-state index in [1.807, 2.05) is 0 Å². The number of carbonyl (C=O) groups is 3. The lowest BCUT2D eigenvalue weighted by Crippen LogP contribution is -2.60. The van der Waals surface area contributed by atoms with Crippen molar-refractivity contribution < 1.29 is 29.0 Å². The summed E-state index contributed by atoms with van der Waals surface area (Å²) < 4.78 is 9.72. The number of carboxylic acids is 1. The number of nitrogens with zero attached hydrogens (tertiary/aromatic N) is 2. The second kappa shape index (κ2) is 5.98. The van der Waals surface area contributed by atoms with Crippen LogP contribution in [0.1, 0.15) is 20.8 Å². The lowest BCUT2D eigenvalue weighted by Gasteiger charge is -2.38. The Labute approximate surface area is 117 Å². The molecule has 0 aromatic carbocycles. The maximum atomic E-state index is 12.0. The third-order valence-corrected chi connectivity index (χ3v) is 2.73. The highest BCUT2D eigenvalue weighted by Crippen LogP contribution is 2.16. The highest BCUT2D eigenvalue weighted by molar-refractivity contribution is 5.81. The molecule has 20 heavy (non-hydrogen) atoms. The van der Waals surface area contributed by atoms with Crippen LogP contribution in [0.4, 0.5) is 9.59 Å². The normalized spacial score (nSPS) is 19.5. The van der Waals surface area contributed by atoms with Crippen LogP contribution < -0.4 is 0 Å². The summed E-state index contributed by atoms with van der Waals surface area (Å²) in [6.07, 6.45) is -1.31. The van der Waals surface area contributed by atoms with Crippen molar-refractivity contribution in [1.29, 1.82) is 0 Å². The van der Waals surface area contributed by atoms with Gasteiger partial charge in [0.25, 0.3) is 0 Å². The average molecular weight is 288 g/mol. The molecule has 0 aliphatic carbocycles. The van der Waals surface area contributed by atoms with Gasteiger partial charge in [-0.2, -0.15) is 0 Å². The molecule has 1 rings (SSSR count).